The lowest BCUT2D eigenvalue weighted by molar-refractivity contribution is 0.416. The Morgan fingerprint density at radius 3 is 2.13 bits per heavy atom. The number of nitrogens with one attached hydrogen (secondary N) is 1. The van der Waals surface area contributed by atoms with Gasteiger partial charge in [0.2, 0.25) is 10.0 Å². The summed E-state index contributed by atoms with van der Waals surface area (Å²) < 4.78 is 48.9. The highest BCUT2D eigenvalue weighted by Gasteiger charge is 2.30. The van der Waals surface area contributed by atoms with Crippen LogP contribution >= 0.6 is 0 Å². The Labute approximate surface area is 140 Å². The third-order valence-corrected chi connectivity index (χ3v) is 5.88. The van der Waals surface area contributed by atoms with Crippen molar-refractivity contribution < 1.29 is 22.3 Å². The summed E-state index contributed by atoms with van der Waals surface area (Å²) >= 11 is -2.35. The Morgan fingerprint density at radius 1 is 1.22 bits per heavy atom. The summed E-state index contributed by atoms with van der Waals surface area (Å²) in [5.41, 5.74) is -0.0235. The van der Waals surface area contributed by atoms with Crippen molar-refractivity contribution in [3.8, 4) is 5.75 Å². The second-order valence-electron chi connectivity index (χ2n) is 6.06. The van der Waals surface area contributed by atoms with Crippen LogP contribution in [-0.4, -0.2) is 39.7 Å². The van der Waals surface area contributed by atoms with E-state index in [2.05, 4.69) is 4.72 Å². The van der Waals surface area contributed by atoms with Gasteiger partial charge in [0, 0.05) is 18.7 Å². The Kier molecular flexibility index (Phi) is 6.19. The molecule has 0 aliphatic heterocycles. The molecular formula is C14H24N2O5S2. The van der Waals surface area contributed by atoms with Gasteiger partial charge in [0.25, 0.3) is 11.3 Å². The van der Waals surface area contributed by atoms with Crippen LogP contribution in [0.15, 0.2) is 17.0 Å². The van der Waals surface area contributed by atoms with Gasteiger partial charge >= 0.3 is 0 Å². The van der Waals surface area contributed by atoms with Crippen molar-refractivity contribution in [3.63, 3.8) is 0 Å². The zero-order valence-corrected chi connectivity index (χ0v) is 15.6. The molecule has 7 nitrogen and oxygen atoms in total. The minimum absolute atomic E-state index is 0.152. The van der Waals surface area contributed by atoms with Gasteiger partial charge in [-0.2, -0.15) is 4.31 Å². The van der Waals surface area contributed by atoms with Crippen LogP contribution in [0.3, 0.4) is 0 Å². The molecule has 0 aliphatic rings. The zero-order chi connectivity index (χ0) is 18.0. The average Bonchev–Trinajstić information content (AvgIpc) is 2.39. The molecule has 1 atom stereocenters. The van der Waals surface area contributed by atoms with Crippen molar-refractivity contribution in [1.29, 1.82) is 0 Å². The molecule has 0 bridgehead atoms. The van der Waals surface area contributed by atoms with Gasteiger partial charge in [-0.05, 0) is 17.5 Å². The highest BCUT2D eigenvalue weighted by Crippen LogP contribution is 2.39. The van der Waals surface area contributed by atoms with E-state index >= 15 is 0 Å². The highest BCUT2D eigenvalue weighted by atomic mass is 32.2. The number of rotatable bonds is 6. The van der Waals surface area contributed by atoms with Crippen LogP contribution < -0.4 is 4.72 Å². The molecule has 0 spiro atoms. The van der Waals surface area contributed by atoms with Crippen molar-refractivity contribution in [1.82, 2.24) is 4.31 Å². The lowest BCUT2D eigenvalue weighted by Crippen LogP contribution is -2.31. The van der Waals surface area contributed by atoms with E-state index < -0.39 is 26.7 Å². The van der Waals surface area contributed by atoms with Gasteiger partial charge in [0.15, 0.2) is 0 Å². The Hall–Kier alpha value is -1.16. The summed E-state index contributed by atoms with van der Waals surface area (Å²) in [7, 11) is -3.91. The van der Waals surface area contributed by atoms with Crippen molar-refractivity contribution in [2.45, 2.75) is 44.9 Å². The van der Waals surface area contributed by atoms with E-state index in [0.717, 1.165) is 0 Å². The summed E-state index contributed by atoms with van der Waals surface area (Å²) in [6.45, 7) is 9.36. The fourth-order valence-corrected chi connectivity index (χ4v) is 4.15. The van der Waals surface area contributed by atoms with Gasteiger partial charge in [0.1, 0.15) is 10.6 Å². The van der Waals surface area contributed by atoms with Crippen molar-refractivity contribution in [2.24, 2.45) is 0 Å². The van der Waals surface area contributed by atoms with Crippen molar-refractivity contribution in [2.75, 3.05) is 17.8 Å². The lowest BCUT2D eigenvalue weighted by atomic mass is 9.86. The van der Waals surface area contributed by atoms with Gasteiger partial charge in [-0.3, -0.25) is 9.27 Å². The zero-order valence-electron chi connectivity index (χ0n) is 14.0. The van der Waals surface area contributed by atoms with Crippen LogP contribution in [0.1, 0.15) is 40.2 Å². The first-order chi connectivity index (χ1) is 10.4. The number of phenolic OH excluding ortho intramolecular Hbond substituents is 1. The molecule has 1 rings (SSSR count). The molecule has 1 aromatic carbocycles. The lowest BCUT2D eigenvalue weighted by Gasteiger charge is -2.25. The van der Waals surface area contributed by atoms with E-state index in [9.17, 15) is 17.7 Å². The van der Waals surface area contributed by atoms with Gasteiger partial charge in [0.05, 0.1) is 5.69 Å². The number of benzene rings is 1. The second kappa shape index (κ2) is 7.16. The highest BCUT2D eigenvalue weighted by molar-refractivity contribution is 7.89. The predicted octanol–water partition coefficient (Wildman–Crippen LogP) is 2.27. The smallest absolute Gasteiger partial charge is 0.259 e. The van der Waals surface area contributed by atoms with Gasteiger partial charge in [-0.1, -0.05) is 34.6 Å². The molecule has 0 fully saturated rings. The van der Waals surface area contributed by atoms with E-state index in [1.807, 2.05) is 20.8 Å². The van der Waals surface area contributed by atoms with Gasteiger partial charge in [-0.15, -0.1) is 0 Å². The summed E-state index contributed by atoms with van der Waals surface area (Å²) in [5, 5.41) is 10.5. The van der Waals surface area contributed by atoms with Crippen LogP contribution in [0.4, 0.5) is 5.69 Å². The fourth-order valence-electron chi connectivity index (χ4n) is 2.24. The molecular weight excluding hydrogens is 340 g/mol. The number of hydrogen-bond donors (Lipinski definition) is 3. The average molecular weight is 364 g/mol. The summed E-state index contributed by atoms with van der Waals surface area (Å²) in [6, 6.07) is 2.65. The van der Waals surface area contributed by atoms with Crippen LogP contribution in [0.2, 0.25) is 0 Å². The minimum atomic E-state index is -3.91. The summed E-state index contributed by atoms with van der Waals surface area (Å²) in [6.07, 6.45) is 0. The molecule has 1 unspecified atom stereocenters. The molecule has 1 aromatic rings. The fraction of sp³-hybridized carbons (Fsp3) is 0.571. The molecule has 3 N–H and O–H groups in total. The van der Waals surface area contributed by atoms with E-state index in [1.165, 1.54) is 16.4 Å². The number of phenols is 1. The maximum atomic E-state index is 12.7. The van der Waals surface area contributed by atoms with Gasteiger partial charge < -0.3 is 5.11 Å². The monoisotopic (exact) mass is 364 g/mol. The SMILES string of the molecule is CCN(CC)S(=O)(=O)c1cc(NS(=O)O)cc(C(C)(C)C)c1O. The third-order valence-electron chi connectivity index (χ3n) is 3.41. The van der Waals surface area contributed by atoms with Crippen molar-refractivity contribution in [3.05, 3.63) is 17.7 Å². The largest absolute Gasteiger partial charge is 0.506 e. The van der Waals surface area contributed by atoms with Crippen LogP contribution in [-0.2, 0) is 26.7 Å². The third kappa shape index (κ3) is 4.43. The maximum absolute atomic E-state index is 12.7. The molecule has 0 heterocycles. The van der Waals surface area contributed by atoms with Crippen LogP contribution in [0.5, 0.6) is 5.75 Å². The number of nitrogens with zero attached hydrogens (tertiary/aromatic N) is 1. The molecule has 9 heteroatoms. The molecule has 0 radical (unpaired) electrons. The van der Waals surface area contributed by atoms with Crippen LogP contribution in [0, 0.1) is 0 Å². The minimum Gasteiger partial charge on any atom is -0.506 e. The molecule has 0 aromatic heterocycles. The predicted molar refractivity (Wildman–Crippen MR) is 91.3 cm³/mol. The summed E-state index contributed by atoms with van der Waals surface area (Å²) in [4.78, 5) is -0.276. The Balaban J connectivity index is 3.68. The van der Waals surface area contributed by atoms with Gasteiger partial charge in [-0.25, -0.2) is 12.6 Å². The number of hydrogen-bond acceptors (Lipinski definition) is 4. The number of aromatic hydroxyl groups is 1. The molecule has 23 heavy (non-hydrogen) atoms. The molecule has 0 saturated heterocycles. The Morgan fingerprint density at radius 2 is 1.74 bits per heavy atom. The number of sulfonamides is 1. The topological polar surface area (TPSA) is 107 Å². The second-order valence-corrected chi connectivity index (χ2v) is 8.67. The molecule has 0 saturated carbocycles. The normalized spacial score (nSPS) is 14.0. The number of anilines is 1. The quantitative estimate of drug-likeness (QED) is 0.530. The van der Waals surface area contributed by atoms with E-state index in [4.69, 9.17) is 4.55 Å². The molecule has 0 aliphatic carbocycles. The van der Waals surface area contributed by atoms with E-state index in [0.29, 0.717) is 5.56 Å². The van der Waals surface area contributed by atoms with E-state index in [1.54, 1.807) is 13.8 Å². The Bertz CT molecular complexity index is 692. The standard InChI is InChI=1S/C14H24N2O5S2/c1-6-16(7-2)23(20,21)12-9-10(15-22(18)19)8-11(13(12)17)14(3,4)5/h8-9,15,17H,6-7H2,1-5H3,(H,18,19). The summed E-state index contributed by atoms with van der Waals surface area (Å²) in [5.74, 6) is -0.335. The van der Waals surface area contributed by atoms with Crippen LogP contribution in [0.25, 0.3) is 0 Å². The molecule has 132 valence electrons. The maximum Gasteiger partial charge on any atom is 0.259 e. The first-order valence-electron chi connectivity index (χ1n) is 7.20. The van der Waals surface area contributed by atoms with E-state index in [-0.39, 0.29) is 29.4 Å². The van der Waals surface area contributed by atoms with Crippen molar-refractivity contribution >= 4 is 27.0 Å². The first-order valence-corrected chi connectivity index (χ1v) is 9.75. The molecule has 0 amide bonds. The first kappa shape index (κ1) is 19.9.